The van der Waals surface area contributed by atoms with Gasteiger partial charge in [-0.15, -0.1) is 0 Å². The summed E-state index contributed by atoms with van der Waals surface area (Å²) in [5, 5.41) is 3.12. The molecule has 1 fully saturated rings. The standard InChI is InChI=1S/C24H28ClN3O/c1-3-12-27-13-10-24(11-14-27)28-22(20-15-17(2)4-9-23(20)29-24)16-21(26-28)18-5-7-19(25)8-6-18/h4-9,15-16,22,26H,3,10-14H2,1-2H3/t22-/m1/s1. The van der Waals surface area contributed by atoms with Crippen LogP contribution < -0.4 is 10.2 Å². The van der Waals surface area contributed by atoms with Gasteiger partial charge in [-0.25, -0.2) is 0 Å². The second-order valence-electron chi connectivity index (χ2n) is 8.45. The van der Waals surface area contributed by atoms with Crippen LogP contribution in [-0.2, 0) is 0 Å². The van der Waals surface area contributed by atoms with Crippen molar-refractivity contribution in [3.63, 3.8) is 0 Å². The average Bonchev–Trinajstić information content (AvgIpc) is 3.18. The highest BCUT2D eigenvalue weighted by molar-refractivity contribution is 6.30. The smallest absolute Gasteiger partial charge is 0.182 e. The van der Waals surface area contributed by atoms with Crippen LogP contribution in [0.1, 0.15) is 48.9 Å². The molecule has 0 amide bonds. The number of ether oxygens (including phenoxy) is 1. The van der Waals surface area contributed by atoms with Crippen LogP contribution in [0.3, 0.4) is 0 Å². The van der Waals surface area contributed by atoms with Gasteiger partial charge in [-0.05, 0) is 49.7 Å². The molecule has 3 aliphatic heterocycles. The van der Waals surface area contributed by atoms with Crippen LogP contribution in [0.25, 0.3) is 5.70 Å². The lowest BCUT2D eigenvalue weighted by Crippen LogP contribution is -2.63. The summed E-state index contributed by atoms with van der Waals surface area (Å²) in [5.41, 5.74) is 8.16. The predicted molar refractivity (Wildman–Crippen MR) is 118 cm³/mol. The van der Waals surface area contributed by atoms with E-state index in [-0.39, 0.29) is 11.8 Å². The highest BCUT2D eigenvalue weighted by atomic mass is 35.5. The van der Waals surface area contributed by atoms with E-state index in [0.29, 0.717) is 0 Å². The number of halogens is 1. The molecule has 5 heteroatoms. The van der Waals surface area contributed by atoms with Crippen molar-refractivity contribution in [3.8, 4) is 5.75 Å². The normalized spacial score (nSPS) is 23.1. The summed E-state index contributed by atoms with van der Waals surface area (Å²) >= 11 is 6.11. The van der Waals surface area contributed by atoms with E-state index < -0.39 is 0 Å². The van der Waals surface area contributed by atoms with Gasteiger partial charge >= 0.3 is 0 Å². The zero-order valence-electron chi connectivity index (χ0n) is 17.1. The fourth-order valence-electron chi connectivity index (χ4n) is 4.87. The second-order valence-corrected chi connectivity index (χ2v) is 8.88. The van der Waals surface area contributed by atoms with Crippen LogP contribution in [0.15, 0.2) is 48.5 Å². The molecule has 29 heavy (non-hydrogen) atoms. The Hall–Kier alpha value is -2.01. The number of likely N-dealkylation sites (tertiary alicyclic amines) is 1. The Labute approximate surface area is 178 Å². The summed E-state index contributed by atoms with van der Waals surface area (Å²) < 4.78 is 6.74. The topological polar surface area (TPSA) is 27.7 Å². The van der Waals surface area contributed by atoms with Gasteiger partial charge in [-0.2, -0.15) is 5.01 Å². The molecule has 3 aliphatic rings. The number of rotatable bonds is 3. The van der Waals surface area contributed by atoms with Gasteiger partial charge in [-0.1, -0.05) is 48.4 Å². The maximum Gasteiger partial charge on any atom is 0.182 e. The molecule has 5 rings (SSSR count). The lowest BCUT2D eigenvalue weighted by Gasteiger charge is -2.51. The van der Waals surface area contributed by atoms with E-state index >= 15 is 0 Å². The summed E-state index contributed by atoms with van der Waals surface area (Å²) in [4.78, 5) is 2.55. The van der Waals surface area contributed by atoms with Crippen molar-refractivity contribution in [3.05, 3.63) is 70.3 Å². The molecule has 1 atom stereocenters. The molecule has 2 aromatic carbocycles. The molecule has 0 unspecified atom stereocenters. The molecule has 2 aromatic rings. The zero-order chi connectivity index (χ0) is 20.0. The lowest BCUT2D eigenvalue weighted by molar-refractivity contribution is -0.159. The van der Waals surface area contributed by atoms with Gasteiger partial charge in [0.15, 0.2) is 5.72 Å². The van der Waals surface area contributed by atoms with Crippen molar-refractivity contribution < 1.29 is 4.74 Å². The average molecular weight is 410 g/mol. The Bertz CT molecular complexity index is 932. The Morgan fingerprint density at radius 3 is 2.62 bits per heavy atom. The molecule has 0 saturated carbocycles. The van der Waals surface area contributed by atoms with E-state index in [9.17, 15) is 0 Å². The van der Waals surface area contributed by atoms with Gasteiger partial charge in [0.2, 0.25) is 0 Å². The fraction of sp³-hybridized carbons (Fsp3) is 0.417. The van der Waals surface area contributed by atoms with Crippen molar-refractivity contribution in [1.29, 1.82) is 0 Å². The van der Waals surface area contributed by atoms with Crippen molar-refractivity contribution >= 4 is 17.3 Å². The van der Waals surface area contributed by atoms with Crippen LogP contribution in [0, 0.1) is 6.92 Å². The molecule has 1 saturated heterocycles. The molecule has 1 N–H and O–H groups in total. The zero-order valence-corrected chi connectivity index (χ0v) is 17.9. The van der Waals surface area contributed by atoms with Gasteiger partial charge in [0.25, 0.3) is 0 Å². The Morgan fingerprint density at radius 1 is 1.14 bits per heavy atom. The van der Waals surface area contributed by atoms with Gasteiger partial charge in [0.05, 0.1) is 11.7 Å². The highest BCUT2D eigenvalue weighted by Crippen LogP contribution is 2.48. The second kappa shape index (κ2) is 7.35. The minimum absolute atomic E-state index is 0.169. The number of nitrogens with one attached hydrogen (secondary N) is 1. The van der Waals surface area contributed by atoms with Crippen molar-refractivity contribution in [1.82, 2.24) is 15.3 Å². The Balaban J connectivity index is 1.52. The van der Waals surface area contributed by atoms with Crippen molar-refractivity contribution in [2.24, 2.45) is 0 Å². The van der Waals surface area contributed by atoms with E-state index in [0.717, 1.165) is 54.5 Å². The van der Waals surface area contributed by atoms with Crippen LogP contribution >= 0.6 is 11.6 Å². The van der Waals surface area contributed by atoms with Crippen molar-refractivity contribution in [2.75, 3.05) is 19.6 Å². The SMILES string of the molecule is CCCN1CCC2(CC1)Oc1ccc(C)cc1[C@H]1C=C(c3ccc(Cl)cc3)NN12. The number of piperidine rings is 1. The molecule has 4 nitrogen and oxygen atoms in total. The Morgan fingerprint density at radius 2 is 1.90 bits per heavy atom. The van der Waals surface area contributed by atoms with Crippen LogP contribution in [0.5, 0.6) is 5.75 Å². The number of nitrogens with zero attached hydrogens (tertiary/aromatic N) is 2. The van der Waals surface area contributed by atoms with Crippen LogP contribution in [0.2, 0.25) is 5.02 Å². The van der Waals surface area contributed by atoms with Gasteiger partial charge in [0.1, 0.15) is 5.75 Å². The monoisotopic (exact) mass is 409 g/mol. The fourth-order valence-corrected chi connectivity index (χ4v) is 5.00. The highest BCUT2D eigenvalue weighted by Gasteiger charge is 2.51. The third-order valence-electron chi connectivity index (χ3n) is 6.40. The largest absolute Gasteiger partial charge is 0.470 e. The van der Waals surface area contributed by atoms with Crippen LogP contribution in [0.4, 0.5) is 0 Å². The van der Waals surface area contributed by atoms with Gasteiger partial charge in [0, 0.05) is 36.5 Å². The first-order valence-electron chi connectivity index (χ1n) is 10.6. The molecule has 152 valence electrons. The van der Waals surface area contributed by atoms with Gasteiger partial charge in [-0.3, -0.25) is 0 Å². The predicted octanol–water partition coefficient (Wildman–Crippen LogP) is 5.15. The number of hydrazine groups is 1. The number of fused-ring (bicyclic) bond motifs is 4. The van der Waals surface area contributed by atoms with Crippen molar-refractivity contribution in [2.45, 2.75) is 44.9 Å². The first-order valence-corrected chi connectivity index (χ1v) is 11.0. The maximum atomic E-state index is 6.74. The van der Waals surface area contributed by atoms with E-state index in [1.54, 1.807) is 0 Å². The van der Waals surface area contributed by atoms with Gasteiger partial charge < -0.3 is 15.1 Å². The number of aryl methyl sites for hydroxylation is 1. The number of hydrogen-bond acceptors (Lipinski definition) is 4. The molecule has 0 radical (unpaired) electrons. The van der Waals surface area contributed by atoms with E-state index in [2.05, 4.69) is 65.6 Å². The molecule has 0 aliphatic carbocycles. The van der Waals surface area contributed by atoms with E-state index in [1.165, 1.54) is 17.5 Å². The first kappa shape index (κ1) is 19.0. The Kier molecular flexibility index (Phi) is 4.81. The van der Waals surface area contributed by atoms with E-state index in [1.807, 2.05) is 12.1 Å². The minimum atomic E-state index is -0.318. The maximum absolute atomic E-state index is 6.74. The lowest BCUT2D eigenvalue weighted by atomic mass is 9.92. The third-order valence-corrected chi connectivity index (χ3v) is 6.65. The summed E-state index contributed by atoms with van der Waals surface area (Å²) in [7, 11) is 0. The molecule has 0 aromatic heterocycles. The molecular weight excluding hydrogens is 382 g/mol. The molecule has 0 bridgehead atoms. The van der Waals surface area contributed by atoms with Crippen LogP contribution in [-0.4, -0.2) is 35.3 Å². The van der Waals surface area contributed by atoms with E-state index in [4.69, 9.17) is 16.3 Å². The minimum Gasteiger partial charge on any atom is -0.470 e. The first-order chi connectivity index (χ1) is 14.1. The summed E-state index contributed by atoms with van der Waals surface area (Å²) in [6, 6.07) is 14.8. The molecule has 3 heterocycles. The summed E-state index contributed by atoms with van der Waals surface area (Å²) in [5.74, 6) is 1.02. The number of benzene rings is 2. The quantitative estimate of drug-likeness (QED) is 0.759. The summed E-state index contributed by atoms with van der Waals surface area (Å²) in [6.45, 7) is 7.69. The number of hydrogen-bond donors (Lipinski definition) is 1. The summed E-state index contributed by atoms with van der Waals surface area (Å²) in [6.07, 6.45) is 5.52. The third kappa shape index (κ3) is 3.33. The molecular formula is C24H28ClN3O. The molecule has 1 spiro atoms.